The molecule has 1 aromatic heterocycles. The normalized spacial score (nSPS) is 11.0. The second-order valence-electron chi connectivity index (χ2n) is 5.32. The van der Waals surface area contributed by atoms with Crippen LogP contribution in [0.4, 0.5) is 4.39 Å². The molecule has 3 nitrogen and oxygen atoms in total. The number of rotatable bonds is 2. The molecule has 0 atom stereocenters. The lowest BCUT2D eigenvalue weighted by Crippen LogP contribution is -2.22. The highest BCUT2D eigenvalue weighted by Crippen LogP contribution is 2.28. The molecule has 0 radical (unpaired) electrons. The highest BCUT2D eigenvalue weighted by Gasteiger charge is 2.13. The number of nitrogens with one attached hydrogen (secondary N) is 1. The molecule has 0 fully saturated rings. The van der Waals surface area contributed by atoms with Gasteiger partial charge >= 0.3 is 0 Å². The number of nitrogens with zero attached hydrogens (tertiary/aromatic N) is 1. The summed E-state index contributed by atoms with van der Waals surface area (Å²) in [7, 11) is 0. The summed E-state index contributed by atoms with van der Waals surface area (Å²) in [6, 6.07) is 21.2. The maximum Gasteiger partial charge on any atom is 0.270 e. The van der Waals surface area contributed by atoms with Crippen LogP contribution in [-0.2, 0) is 0 Å². The van der Waals surface area contributed by atoms with Crippen LogP contribution in [0.15, 0.2) is 72.8 Å². The Bertz CT molecular complexity index is 1020. The first kappa shape index (κ1) is 13.5. The predicted molar refractivity (Wildman–Crippen MR) is 89.5 cm³/mol. The molecule has 4 aromatic rings. The fourth-order valence-electron chi connectivity index (χ4n) is 2.82. The van der Waals surface area contributed by atoms with Crippen LogP contribution in [0.5, 0.6) is 0 Å². The van der Waals surface area contributed by atoms with Crippen molar-refractivity contribution in [1.82, 2.24) is 4.68 Å². The second kappa shape index (κ2) is 5.25. The van der Waals surface area contributed by atoms with Crippen molar-refractivity contribution < 1.29 is 9.18 Å². The van der Waals surface area contributed by atoms with Crippen molar-refractivity contribution in [3.8, 4) is 0 Å². The summed E-state index contributed by atoms with van der Waals surface area (Å²) in [6.45, 7) is 0. The molecule has 3 aromatic carbocycles. The fourth-order valence-corrected chi connectivity index (χ4v) is 2.82. The van der Waals surface area contributed by atoms with E-state index in [1.807, 2.05) is 30.3 Å². The molecule has 4 heteroatoms. The number of carbonyl (C=O) groups excluding carboxylic acids is 1. The third-order valence-electron chi connectivity index (χ3n) is 3.89. The van der Waals surface area contributed by atoms with Crippen LogP contribution in [0.1, 0.15) is 10.4 Å². The van der Waals surface area contributed by atoms with Crippen LogP contribution in [0.25, 0.3) is 21.8 Å². The van der Waals surface area contributed by atoms with Crippen LogP contribution >= 0.6 is 0 Å². The minimum absolute atomic E-state index is 0.238. The summed E-state index contributed by atoms with van der Waals surface area (Å²) >= 11 is 0. The van der Waals surface area contributed by atoms with E-state index in [0.29, 0.717) is 11.1 Å². The van der Waals surface area contributed by atoms with Crippen LogP contribution in [0.2, 0.25) is 0 Å². The monoisotopic (exact) mass is 304 g/mol. The Morgan fingerprint density at radius 2 is 1.52 bits per heavy atom. The van der Waals surface area contributed by atoms with Crippen LogP contribution in [-0.4, -0.2) is 10.6 Å². The van der Waals surface area contributed by atoms with Crippen molar-refractivity contribution in [3.05, 3.63) is 84.2 Å². The number of amides is 1. The molecule has 4 rings (SSSR count). The van der Waals surface area contributed by atoms with E-state index >= 15 is 0 Å². The van der Waals surface area contributed by atoms with Gasteiger partial charge in [-0.15, -0.1) is 0 Å². The molecule has 0 spiro atoms. The zero-order chi connectivity index (χ0) is 15.8. The SMILES string of the molecule is O=C(Nn1c2ccccc2c2ccc(F)cc21)c1ccccc1. The smallest absolute Gasteiger partial charge is 0.267 e. The average molecular weight is 304 g/mol. The van der Waals surface area contributed by atoms with Gasteiger partial charge in [-0.05, 0) is 30.3 Å². The van der Waals surface area contributed by atoms with Gasteiger partial charge in [-0.3, -0.25) is 14.9 Å². The van der Waals surface area contributed by atoms with Gasteiger partial charge in [0.15, 0.2) is 0 Å². The summed E-state index contributed by atoms with van der Waals surface area (Å²) in [5.74, 6) is -0.576. The highest BCUT2D eigenvalue weighted by atomic mass is 19.1. The number of fused-ring (bicyclic) bond motifs is 3. The topological polar surface area (TPSA) is 34.0 Å². The number of hydrogen-bond acceptors (Lipinski definition) is 1. The van der Waals surface area contributed by atoms with Gasteiger partial charge in [0.1, 0.15) is 5.82 Å². The van der Waals surface area contributed by atoms with Gasteiger partial charge in [-0.25, -0.2) is 4.39 Å². The molecule has 0 bridgehead atoms. The molecule has 1 heterocycles. The molecule has 1 N–H and O–H groups in total. The summed E-state index contributed by atoms with van der Waals surface area (Å²) in [5.41, 5.74) is 4.88. The Kier molecular flexibility index (Phi) is 3.08. The minimum Gasteiger partial charge on any atom is -0.267 e. The summed E-state index contributed by atoms with van der Waals surface area (Å²) in [4.78, 5) is 12.5. The molecular formula is C19H13FN2O. The Morgan fingerprint density at radius 3 is 2.35 bits per heavy atom. The van der Waals surface area contributed by atoms with Crippen molar-refractivity contribution >= 4 is 27.7 Å². The molecule has 1 amide bonds. The standard InChI is InChI=1S/C19H13FN2O/c20-14-10-11-16-15-8-4-5-9-17(15)22(18(16)12-14)21-19(23)13-6-2-1-3-7-13/h1-12H,(H,21,23). The third-order valence-corrected chi connectivity index (χ3v) is 3.89. The van der Waals surface area contributed by atoms with E-state index < -0.39 is 0 Å². The maximum atomic E-state index is 13.7. The number of benzene rings is 3. The molecule has 112 valence electrons. The average Bonchev–Trinajstić information content (AvgIpc) is 2.89. The lowest BCUT2D eigenvalue weighted by Gasteiger charge is -2.09. The van der Waals surface area contributed by atoms with Gasteiger partial charge in [0, 0.05) is 22.4 Å². The van der Waals surface area contributed by atoms with Crippen molar-refractivity contribution in [2.45, 2.75) is 0 Å². The quantitative estimate of drug-likeness (QED) is 0.588. The number of halogens is 1. The largest absolute Gasteiger partial charge is 0.270 e. The number of carbonyl (C=O) groups is 1. The molecule has 0 aliphatic carbocycles. The van der Waals surface area contributed by atoms with Gasteiger partial charge in [0.05, 0.1) is 11.0 Å². The molecule has 0 aliphatic rings. The number of aromatic nitrogens is 1. The van der Waals surface area contributed by atoms with Gasteiger partial charge in [0.2, 0.25) is 0 Å². The Labute approximate surface area is 131 Å². The third kappa shape index (κ3) is 2.25. The van der Waals surface area contributed by atoms with E-state index in [1.165, 1.54) is 12.1 Å². The zero-order valence-electron chi connectivity index (χ0n) is 12.2. The first-order valence-corrected chi connectivity index (χ1v) is 7.29. The second-order valence-corrected chi connectivity index (χ2v) is 5.32. The molecule has 0 saturated heterocycles. The van der Waals surface area contributed by atoms with Crippen LogP contribution < -0.4 is 5.43 Å². The van der Waals surface area contributed by atoms with E-state index in [9.17, 15) is 9.18 Å². The summed E-state index contributed by atoms with van der Waals surface area (Å²) in [5, 5.41) is 1.87. The molecule has 0 aliphatic heterocycles. The van der Waals surface area contributed by atoms with Crippen LogP contribution in [0.3, 0.4) is 0 Å². The Hall–Kier alpha value is -3.14. The van der Waals surface area contributed by atoms with Crippen molar-refractivity contribution in [1.29, 1.82) is 0 Å². The van der Waals surface area contributed by atoms with Gasteiger partial charge < -0.3 is 0 Å². The van der Waals surface area contributed by atoms with E-state index in [-0.39, 0.29) is 11.7 Å². The summed E-state index contributed by atoms with van der Waals surface area (Å²) in [6.07, 6.45) is 0. The van der Waals surface area contributed by atoms with Crippen molar-refractivity contribution in [2.24, 2.45) is 0 Å². The van der Waals surface area contributed by atoms with E-state index in [2.05, 4.69) is 5.43 Å². The van der Waals surface area contributed by atoms with E-state index in [0.717, 1.165) is 16.3 Å². The van der Waals surface area contributed by atoms with E-state index in [1.54, 1.807) is 35.0 Å². The number of para-hydroxylation sites is 1. The Balaban J connectivity index is 1.91. The Morgan fingerprint density at radius 1 is 0.826 bits per heavy atom. The van der Waals surface area contributed by atoms with Gasteiger partial charge in [-0.2, -0.15) is 0 Å². The van der Waals surface area contributed by atoms with E-state index in [4.69, 9.17) is 0 Å². The molecule has 0 unspecified atom stereocenters. The minimum atomic E-state index is -0.337. The maximum absolute atomic E-state index is 13.7. The van der Waals surface area contributed by atoms with Gasteiger partial charge in [0.25, 0.3) is 5.91 Å². The molecule has 0 saturated carbocycles. The number of hydrogen-bond donors (Lipinski definition) is 1. The first-order chi connectivity index (χ1) is 11.2. The van der Waals surface area contributed by atoms with Gasteiger partial charge in [-0.1, -0.05) is 36.4 Å². The van der Waals surface area contributed by atoms with Crippen molar-refractivity contribution in [3.63, 3.8) is 0 Å². The summed E-state index contributed by atoms with van der Waals surface area (Å²) < 4.78 is 15.3. The van der Waals surface area contributed by atoms with Crippen LogP contribution in [0, 0.1) is 5.82 Å². The highest BCUT2D eigenvalue weighted by molar-refractivity contribution is 6.10. The molecular weight excluding hydrogens is 291 g/mol. The lowest BCUT2D eigenvalue weighted by atomic mass is 10.1. The van der Waals surface area contributed by atoms with Crippen molar-refractivity contribution in [2.75, 3.05) is 5.43 Å². The molecule has 23 heavy (non-hydrogen) atoms. The lowest BCUT2D eigenvalue weighted by molar-refractivity contribution is 0.101. The fraction of sp³-hybridized carbons (Fsp3) is 0. The predicted octanol–water partition coefficient (Wildman–Crippen LogP) is 4.32. The first-order valence-electron chi connectivity index (χ1n) is 7.29. The zero-order valence-corrected chi connectivity index (χ0v) is 12.2.